The highest BCUT2D eigenvalue weighted by atomic mass is 16.5. The Morgan fingerprint density at radius 1 is 1.23 bits per heavy atom. The molecule has 2 aliphatic rings. The fourth-order valence-electron chi connectivity index (χ4n) is 5.11. The molecule has 0 radical (unpaired) electrons. The lowest BCUT2D eigenvalue weighted by molar-refractivity contribution is -0.140. The number of aliphatic carboxylic acids is 1. The van der Waals surface area contributed by atoms with E-state index < -0.39 is 17.9 Å². The number of carboxylic acids is 1. The fraction of sp³-hybridized carbons (Fsp3) is 0.556. The van der Waals surface area contributed by atoms with Crippen LogP contribution in [0.4, 0.5) is 5.82 Å². The lowest BCUT2D eigenvalue weighted by Crippen LogP contribution is -2.42. The van der Waals surface area contributed by atoms with Gasteiger partial charge in [-0.2, -0.15) is 0 Å². The van der Waals surface area contributed by atoms with Gasteiger partial charge in [-0.1, -0.05) is 6.07 Å². The van der Waals surface area contributed by atoms with Crippen molar-refractivity contribution < 1.29 is 19.4 Å². The maximum Gasteiger partial charge on any atom is 0.326 e. The number of nitrogens with one attached hydrogen (secondary N) is 2. The Labute approximate surface area is 206 Å². The number of ether oxygens (including phenoxy) is 1. The van der Waals surface area contributed by atoms with Gasteiger partial charge < -0.3 is 20.5 Å². The summed E-state index contributed by atoms with van der Waals surface area (Å²) < 4.78 is 5.91. The first-order valence-corrected chi connectivity index (χ1v) is 12.6. The summed E-state index contributed by atoms with van der Waals surface area (Å²) in [6.07, 6.45) is 6.68. The minimum absolute atomic E-state index is 0.161. The highest BCUT2D eigenvalue weighted by Crippen LogP contribution is 2.34. The van der Waals surface area contributed by atoms with Crippen LogP contribution in [0.25, 0.3) is 0 Å². The van der Waals surface area contributed by atoms with Crippen molar-refractivity contribution in [3.05, 3.63) is 52.0 Å². The van der Waals surface area contributed by atoms with Crippen LogP contribution in [0.15, 0.2) is 18.2 Å². The fourth-order valence-corrected chi connectivity index (χ4v) is 5.11. The summed E-state index contributed by atoms with van der Waals surface area (Å²) in [4.78, 5) is 33.5. The van der Waals surface area contributed by atoms with Gasteiger partial charge in [-0.05, 0) is 88.5 Å². The van der Waals surface area contributed by atoms with E-state index in [0.29, 0.717) is 23.8 Å². The van der Waals surface area contributed by atoms with E-state index in [-0.39, 0.29) is 12.5 Å². The Morgan fingerprint density at radius 3 is 2.77 bits per heavy atom. The highest BCUT2D eigenvalue weighted by molar-refractivity contribution is 5.98. The van der Waals surface area contributed by atoms with Crippen molar-refractivity contribution in [1.29, 1.82) is 0 Å². The third-order valence-corrected chi connectivity index (χ3v) is 7.07. The molecule has 1 atom stereocenters. The second-order valence-electron chi connectivity index (χ2n) is 9.90. The monoisotopic (exact) mass is 480 g/mol. The largest absolute Gasteiger partial charge is 0.480 e. The quantitative estimate of drug-likeness (QED) is 0.474. The second-order valence-corrected chi connectivity index (χ2v) is 9.90. The smallest absolute Gasteiger partial charge is 0.326 e. The molecular weight excluding hydrogens is 444 g/mol. The van der Waals surface area contributed by atoms with Crippen LogP contribution in [0.1, 0.15) is 70.7 Å². The third-order valence-electron chi connectivity index (χ3n) is 7.07. The van der Waals surface area contributed by atoms with Crippen molar-refractivity contribution in [2.45, 2.75) is 77.9 Å². The van der Waals surface area contributed by atoms with Gasteiger partial charge in [0, 0.05) is 31.0 Å². The van der Waals surface area contributed by atoms with Crippen LogP contribution in [-0.2, 0) is 22.4 Å². The zero-order valence-corrected chi connectivity index (χ0v) is 20.9. The summed E-state index contributed by atoms with van der Waals surface area (Å²) >= 11 is 0. The molecule has 0 aromatic carbocycles. The van der Waals surface area contributed by atoms with Gasteiger partial charge in [0.25, 0.3) is 5.91 Å². The predicted octanol–water partition coefficient (Wildman–Crippen LogP) is 3.76. The number of hydrogen-bond acceptors (Lipinski definition) is 6. The number of rotatable bonds is 10. The predicted molar refractivity (Wildman–Crippen MR) is 134 cm³/mol. The highest BCUT2D eigenvalue weighted by Gasteiger charge is 2.30. The number of carbonyl (C=O) groups is 2. The number of fused-ring (bicyclic) bond motifs is 1. The van der Waals surface area contributed by atoms with Crippen LogP contribution in [-0.4, -0.2) is 52.2 Å². The first-order valence-electron chi connectivity index (χ1n) is 12.6. The number of carboxylic acid groups (broad SMARTS) is 1. The Morgan fingerprint density at radius 2 is 2.03 bits per heavy atom. The van der Waals surface area contributed by atoms with E-state index in [4.69, 9.17) is 9.72 Å². The Balaban J connectivity index is 1.18. The summed E-state index contributed by atoms with van der Waals surface area (Å²) in [5, 5.41) is 15.6. The zero-order valence-electron chi connectivity index (χ0n) is 20.9. The van der Waals surface area contributed by atoms with E-state index in [1.165, 1.54) is 12.0 Å². The first-order chi connectivity index (χ1) is 16.8. The molecule has 1 saturated carbocycles. The maximum atomic E-state index is 12.7. The molecule has 2 aromatic heterocycles. The van der Waals surface area contributed by atoms with Gasteiger partial charge in [-0.25, -0.2) is 9.78 Å². The lowest BCUT2D eigenvalue weighted by atomic mass is 9.79. The third kappa shape index (κ3) is 6.36. The molecule has 3 N–H and O–H groups in total. The second kappa shape index (κ2) is 11.2. The molecule has 3 heterocycles. The maximum absolute atomic E-state index is 12.7. The molecule has 1 aliphatic carbocycles. The van der Waals surface area contributed by atoms with Crippen molar-refractivity contribution in [2.75, 3.05) is 18.5 Å². The van der Waals surface area contributed by atoms with Crippen molar-refractivity contribution in [1.82, 2.24) is 15.3 Å². The van der Waals surface area contributed by atoms with Crippen LogP contribution in [0, 0.1) is 26.7 Å². The minimum Gasteiger partial charge on any atom is -0.480 e. The summed E-state index contributed by atoms with van der Waals surface area (Å²) in [6, 6.07) is 5.18. The van der Waals surface area contributed by atoms with Gasteiger partial charge in [0.15, 0.2) is 0 Å². The average molecular weight is 481 g/mol. The van der Waals surface area contributed by atoms with E-state index in [1.54, 1.807) is 6.92 Å². The molecule has 1 unspecified atom stereocenters. The zero-order chi connectivity index (χ0) is 24.9. The number of nitrogens with zero attached hydrogens (tertiary/aromatic N) is 2. The normalized spacial score (nSPS) is 19.7. The number of aryl methyl sites for hydroxylation is 5. The van der Waals surface area contributed by atoms with Crippen molar-refractivity contribution in [3.8, 4) is 0 Å². The van der Waals surface area contributed by atoms with Crippen LogP contribution >= 0.6 is 0 Å². The van der Waals surface area contributed by atoms with Gasteiger partial charge in [0.2, 0.25) is 0 Å². The molecule has 0 saturated heterocycles. The first kappa shape index (κ1) is 25.1. The summed E-state index contributed by atoms with van der Waals surface area (Å²) in [7, 11) is 0. The summed E-state index contributed by atoms with van der Waals surface area (Å²) in [6.45, 7) is 6.77. The summed E-state index contributed by atoms with van der Waals surface area (Å²) in [5.74, 6) is 0.193. The van der Waals surface area contributed by atoms with Crippen LogP contribution in [0.2, 0.25) is 0 Å². The minimum atomic E-state index is -1.06. The van der Waals surface area contributed by atoms with E-state index in [9.17, 15) is 14.7 Å². The van der Waals surface area contributed by atoms with Gasteiger partial charge in [-0.15, -0.1) is 0 Å². The van der Waals surface area contributed by atoms with E-state index in [1.807, 2.05) is 19.9 Å². The molecule has 8 heteroatoms. The standard InChI is InChI=1S/C27H36N4O4/c1-16-13-17(2)29-18(3)24(16)26(32)31-23(27(33)34)10-12-35-22-14-19(15-22)6-8-21-9-7-20-5-4-11-28-25(20)30-21/h7,9,13,19,22-23H,4-6,8,10-12,14-15H2,1-3H3,(H,28,30)(H,31,32)(H,33,34)/t19-,22+,23?. The van der Waals surface area contributed by atoms with Gasteiger partial charge >= 0.3 is 5.97 Å². The number of hydrogen-bond donors (Lipinski definition) is 3. The Hall–Kier alpha value is -3.00. The SMILES string of the molecule is Cc1cc(C)c(C(=O)NC(CCO[C@H]2C[C@@H](CCc3ccc4c(n3)NCCC4)C2)C(=O)O)c(C)n1. The Kier molecular flexibility index (Phi) is 8.00. The van der Waals surface area contributed by atoms with Crippen molar-refractivity contribution in [3.63, 3.8) is 0 Å². The van der Waals surface area contributed by atoms with Gasteiger partial charge in [0.05, 0.1) is 17.4 Å². The molecule has 8 nitrogen and oxygen atoms in total. The molecule has 4 rings (SSSR count). The molecule has 1 amide bonds. The molecule has 0 bridgehead atoms. The molecule has 0 spiro atoms. The number of amides is 1. The van der Waals surface area contributed by atoms with Gasteiger partial charge in [-0.3, -0.25) is 9.78 Å². The van der Waals surface area contributed by atoms with E-state index in [0.717, 1.165) is 61.4 Å². The van der Waals surface area contributed by atoms with Crippen LogP contribution < -0.4 is 10.6 Å². The number of anilines is 1. The molecular formula is C27H36N4O4. The van der Waals surface area contributed by atoms with Crippen LogP contribution in [0.5, 0.6) is 0 Å². The summed E-state index contributed by atoms with van der Waals surface area (Å²) in [5.41, 5.74) is 5.10. The molecule has 1 aliphatic heterocycles. The van der Waals surface area contributed by atoms with E-state index >= 15 is 0 Å². The van der Waals surface area contributed by atoms with Crippen LogP contribution in [0.3, 0.4) is 0 Å². The Bertz CT molecular complexity index is 1060. The van der Waals surface area contributed by atoms with Gasteiger partial charge in [0.1, 0.15) is 11.9 Å². The number of pyridine rings is 2. The van der Waals surface area contributed by atoms with Crippen molar-refractivity contribution >= 4 is 17.7 Å². The topological polar surface area (TPSA) is 113 Å². The average Bonchev–Trinajstić information content (AvgIpc) is 2.78. The number of carbonyl (C=O) groups excluding carboxylic acids is 1. The molecule has 1 fully saturated rings. The molecule has 188 valence electrons. The molecule has 35 heavy (non-hydrogen) atoms. The number of aromatic nitrogens is 2. The lowest BCUT2D eigenvalue weighted by Gasteiger charge is -2.35. The van der Waals surface area contributed by atoms with E-state index in [2.05, 4.69) is 27.8 Å². The molecule has 2 aromatic rings. The van der Waals surface area contributed by atoms with Crippen molar-refractivity contribution in [2.24, 2.45) is 5.92 Å².